The summed E-state index contributed by atoms with van der Waals surface area (Å²) in [5, 5.41) is 6.97. The van der Waals surface area contributed by atoms with Gasteiger partial charge in [0, 0.05) is 38.2 Å². The van der Waals surface area contributed by atoms with Gasteiger partial charge in [0.05, 0.1) is 11.3 Å². The Kier molecular flexibility index (Phi) is 6.29. The zero-order valence-electron chi connectivity index (χ0n) is 14.9. The molecular formula is C17H21F3N4O3. The molecule has 4 amide bonds. The minimum Gasteiger partial charge on any atom is -0.341 e. The lowest BCUT2D eigenvalue weighted by Crippen LogP contribution is -2.44. The van der Waals surface area contributed by atoms with Gasteiger partial charge in [-0.2, -0.15) is 13.2 Å². The number of hydrogen-bond donors (Lipinski definition) is 3. The first-order valence-electron chi connectivity index (χ1n) is 8.40. The maximum Gasteiger partial charge on any atom is 0.418 e. The summed E-state index contributed by atoms with van der Waals surface area (Å²) < 4.78 is 39.8. The largest absolute Gasteiger partial charge is 0.418 e. The molecule has 0 aliphatic carbocycles. The number of carbonyl (C=O) groups is 3. The fourth-order valence-electron chi connectivity index (χ4n) is 2.82. The van der Waals surface area contributed by atoms with Crippen LogP contribution in [0.5, 0.6) is 0 Å². The van der Waals surface area contributed by atoms with Crippen LogP contribution in [0.15, 0.2) is 18.2 Å². The van der Waals surface area contributed by atoms with Crippen molar-refractivity contribution in [3.8, 4) is 0 Å². The molecule has 1 aliphatic rings. The number of benzene rings is 1. The first kappa shape index (κ1) is 20.5. The number of amides is 4. The van der Waals surface area contributed by atoms with Crippen molar-refractivity contribution in [2.45, 2.75) is 38.9 Å². The Bertz CT molecular complexity index is 737. The van der Waals surface area contributed by atoms with Gasteiger partial charge in [0.25, 0.3) is 0 Å². The molecule has 10 heteroatoms. The summed E-state index contributed by atoms with van der Waals surface area (Å²) in [4.78, 5) is 36.3. The van der Waals surface area contributed by atoms with Crippen LogP contribution in [0.3, 0.4) is 0 Å². The first-order valence-corrected chi connectivity index (χ1v) is 8.40. The molecule has 27 heavy (non-hydrogen) atoms. The molecule has 1 atom stereocenters. The van der Waals surface area contributed by atoms with E-state index >= 15 is 0 Å². The van der Waals surface area contributed by atoms with Crippen LogP contribution >= 0.6 is 0 Å². The first-order chi connectivity index (χ1) is 12.6. The third-order valence-electron chi connectivity index (χ3n) is 3.94. The molecule has 7 nitrogen and oxygen atoms in total. The molecule has 1 aliphatic heterocycles. The Labute approximate surface area is 154 Å². The van der Waals surface area contributed by atoms with Crippen LogP contribution in [-0.4, -0.2) is 41.9 Å². The fraction of sp³-hybridized carbons (Fsp3) is 0.471. The van der Waals surface area contributed by atoms with E-state index in [1.807, 2.05) is 0 Å². The van der Waals surface area contributed by atoms with Gasteiger partial charge in [-0.15, -0.1) is 0 Å². The molecular weight excluding hydrogens is 365 g/mol. The summed E-state index contributed by atoms with van der Waals surface area (Å²) in [5.41, 5.74) is -1.54. The molecule has 3 N–H and O–H groups in total. The highest BCUT2D eigenvalue weighted by molar-refractivity contribution is 5.92. The number of rotatable bonds is 5. The molecule has 0 bridgehead atoms. The van der Waals surface area contributed by atoms with E-state index in [4.69, 9.17) is 0 Å². The van der Waals surface area contributed by atoms with E-state index in [0.29, 0.717) is 19.5 Å². The molecule has 0 radical (unpaired) electrons. The van der Waals surface area contributed by atoms with Crippen LogP contribution < -0.4 is 16.0 Å². The van der Waals surface area contributed by atoms with Crippen molar-refractivity contribution < 1.29 is 27.6 Å². The molecule has 1 fully saturated rings. The molecule has 2 rings (SSSR count). The number of likely N-dealkylation sites (tertiary alicyclic amines) is 1. The normalized spacial score (nSPS) is 15.4. The molecule has 148 valence electrons. The zero-order chi connectivity index (χ0) is 20.2. The molecule has 0 aromatic heterocycles. The highest BCUT2D eigenvalue weighted by Crippen LogP contribution is 2.36. The summed E-state index contributed by atoms with van der Waals surface area (Å²) in [7, 11) is 0. The predicted molar refractivity (Wildman–Crippen MR) is 93.2 cm³/mol. The van der Waals surface area contributed by atoms with E-state index in [-0.39, 0.29) is 11.6 Å². The summed E-state index contributed by atoms with van der Waals surface area (Å²) in [6.07, 6.45) is -3.49. The Morgan fingerprint density at radius 2 is 1.96 bits per heavy atom. The van der Waals surface area contributed by atoms with Crippen molar-refractivity contribution in [2.24, 2.45) is 0 Å². The summed E-state index contributed by atoms with van der Waals surface area (Å²) >= 11 is 0. The van der Waals surface area contributed by atoms with Crippen LogP contribution in [0.25, 0.3) is 0 Å². The van der Waals surface area contributed by atoms with Gasteiger partial charge < -0.3 is 20.9 Å². The molecule has 1 heterocycles. The van der Waals surface area contributed by atoms with E-state index in [0.717, 1.165) is 18.6 Å². The Hall–Kier alpha value is -2.78. The van der Waals surface area contributed by atoms with Gasteiger partial charge in [-0.3, -0.25) is 9.59 Å². The van der Waals surface area contributed by atoms with E-state index in [9.17, 15) is 27.6 Å². The van der Waals surface area contributed by atoms with Gasteiger partial charge in [-0.05, 0) is 31.5 Å². The van der Waals surface area contributed by atoms with Crippen LogP contribution in [0, 0.1) is 0 Å². The number of alkyl halides is 3. The van der Waals surface area contributed by atoms with Crippen molar-refractivity contribution in [3.05, 3.63) is 23.8 Å². The van der Waals surface area contributed by atoms with Crippen molar-refractivity contribution >= 4 is 29.2 Å². The van der Waals surface area contributed by atoms with Gasteiger partial charge in [0.1, 0.15) is 0 Å². The number of anilines is 2. The van der Waals surface area contributed by atoms with E-state index in [1.165, 1.54) is 13.0 Å². The second-order valence-electron chi connectivity index (χ2n) is 6.38. The Balaban J connectivity index is 2.05. The summed E-state index contributed by atoms with van der Waals surface area (Å²) in [5.74, 6) is -0.510. The second-order valence-corrected chi connectivity index (χ2v) is 6.38. The molecule has 0 saturated carbocycles. The lowest BCUT2D eigenvalue weighted by atomic mass is 10.1. The third kappa shape index (κ3) is 5.87. The average Bonchev–Trinajstić information content (AvgIpc) is 2.92. The fourth-order valence-corrected chi connectivity index (χ4v) is 2.82. The maximum absolute atomic E-state index is 13.3. The Morgan fingerprint density at radius 1 is 1.26 bits per heavy atom. The van der Waals surface area contributed by atoms with Crippen molar-refractivity contribution in [1.82, 2.24) is 10.2 Å². The standard InChI is InChI=1S/C17H21F3N4O3/c1-10(9-24-7-3-4-15(24)26)21-16(27)23-14-6-5-12(22-11(2)25)8-13(14)17(18,19)20/h5-6,8,10H,3-4,7,9H2,1-2H3,(H,22,25)(H2,21,23,27)/t10-/m0/s1. The van der Waals surface area contributed by atoms with E-state index < -0.39 is 35.4 Å². The maximum atomic E-state index is 13.3. The number of urea groups is 1. The van der Waals surface area contributed by atoms with Gasteiger partial charge in [-0.1, -0.05) is 0 Å². The Morgan fingerprint density at radius 3 is 2.52 bits per heavy atom. The van der Waals surface area contributed by atoms with Crippen LogP contribution in [0.2, 0.25) is 0 Å². The number of halogens is 3. The van der Waals surface area contributed by atoms with Gasteiger partial charge >= 0.3 is 12.2 Å². The van der Waals surface area contributed by atoms with Crippen LogP contribution in [-0.2, 0) is 15.8 Å². The molecule has 1 saturated heterocycles. The average molecular weight is 386 g/mol. The molecule has 0 unspecified atom stereocenters. The van der Waals surface area contributed by atoms with Crippen molar-refractivity contribution in [3.63, 3.8) is 0 Å². The third-order valence-corrected chi connectivity index (χ3v) is 3.94. The zero-order valence-corrected chi connectivity index (χ0v) is 14.9. The van der Waals surface area contributed by atoms with E-state index in [1.54, 1.807) is 11.8 Å². The summed E-state index contributed by atoms with van der Waals surface area (Å²) in [6.45, 7) is 3.74. The van der Waals surface area contributed by atoms with Crippen molar-refractivity contribution in [1.29, 1.82) is 0 Å². The van der Waals surface area contributed by atoms with E-state index in [2.05, 4.69) is 16.0 Å². The molecule has 1 aromatic rings. The monoisotopic (exact) mass is 386 g/mol. The lowest BCUT2D eigenvalue weighted by molar-refractivity contribution is -0.137. The molecule has 0 spiro atoms. The SMILES string of the molecule is CC(=O)Nc1ccc(NC(=O)N[C@@H](C)CN2CCCC2=O)c(C(F)(F)F)c1. The van der Waals surface area contributed by atoms with Gasteiger partial charge in [-0.25, -0.2) is 4.79 Å². The van der Waals surface area contributed by atoms with Gasteiger partial charge in [0.2, 0.25) is 11.8 Å². The number of nitrogens with zero attached hydrogens (tertiary/aromatic N) is 1. The predicted octanol–water partition coefficient (Wildman–Crippen LogP) is 2.80. The van der Waals surface area contributed by atoms with Gasteiger partial charge in [0.15, 0.2) is 0 Å². The lowest BCUT2D eigenvalue weighted by Gasteiger charge is -2.22. The smallest absolute Gasteiger partial charge is 0.341 e. The number of nitrogens with one attached hydrogen (secondary N) is 3. The summed E-state index contributed by atoms with van der Waals surface area (Å²) in [6, 6.07) is 1.84. The number of carbonyl (C=O) groups excluding carboxylic acids is 3. The van der Waals surface area contributed by atoms with Crippen molar-refractivity contribution in [2.75, 3.05) is 23.7 Å². The second kappa shape index (κ2) is 8.28. The highest BCUT2D eigenvalue weighted by Gasteiger charge is 2.34. The van der Waals surface area contributed by atoms with Crippen LogP contribution in [0.4, 0.5) is 29.3 Å². The van der Waals surface area contributed by atoms with Crippen LogP contribution in [0.1, 0.15) is 32.3 Å². The topological polar surface area (TPSA) is 90.5 Å². The quantitative estimate of drug-likeness (QED) is 0.727. The minimum absolute atomic E-state index is 0.00280. The number of hydrogen-bond acceptors (Lipinski definition) is 3. The molecule has 1 aromatic carbocycles. The highest BCUT2D eigenvalue weighted by atomic mass is 19.4. The minimum atomic E-state index is -4.72.